The van der Waals surface area contributed by atoms with Gasteiger partial charge in [0.1, 0.15) is 17.2 Å². The van der Waals surface area contributed by atoms with Gasteiger partial charge in [-0.15, -0.1) is 0 Å². The fraction of sp³-hybridized carbons (Fsp3) is 0.194. The molecule has 224 valence electrons. The second kappa shape index (κ2) is 10.6. The number of nitrogens with one attached hydrogen (secondary N) is 1. The summed E-state index contributed by atoms with van der Waals surface area (Å²) < 4.78 is 5.78. The summed E-state index contributed by atoms with van der Waals surface area (Å²) in [5, 5.41) is 14.4. The summed E-state index contributed by atoms with van der Waals surface area (Å²) in [7, 11) is 0. The van der Waals surface area contributed by atoms with Gasteiger partial charge in [0, 0.05) is 35.1 Å². The lowest BCUT2D eigenvalue weighted by Gasteiger charge is -2.38. The van der Waals surface area contributed by atoms with Crippen LogP contribution in [0.2, 0.25) is 0 Å². The molecule has 1 fully saturated rings. The van der Waals surface area contributed by atoms with Gasteiger partial charge in [-0.05, 0) is 79.1 Å². The van der Waals surface area contributed by atoms with Crippen LogP contribution >= 0.6 is 0 Å². The number of ether oxygens (including phenoxy) is 1. The summed E-state index contributed by atoms with van der Waals surface area (Å²) in [6.07, 6.45) is 3.66. The molecule has 9 nitrogen and oxygen atoms in total. The molecule has 4 atom stereocenters. The molecular formula is C36H29N3O6. The number of ketones is 2. The molecule has 4 aromatic carbocycles. The van der Waals surface area contributed by atoms with E-state index in [1.54, 1.807) is 30.3 Å². The van der Waals surface area contributed by atoms with Crippen molar-refractivity contribution in [2.24, 2.45) is 5.92 Å². The van der Waals surface area contributed by atoms with Gasteiger partial charge in [0.25, 0.3) is 5.69 Å². The highest BCUT2D eigenvalue weighted by Crippen LogP contribution is 2.62. The lowest BCUT2D eigenvalue weighted by atomic mass is 9.62. The third-order valence-electron chi connectivity index (χ3n) is 8.99. The van der Waals surface area contributed by atoms with E-state index in [2.05, 4.69) is 5.32 Å². The average molecular weight is 600 g/mol. The van der Waals surface area contributed by atoms with Crippen molar-refractivity contribution in [1.82, 2.24) is 4.90 Å². The number of nitrogens with zero attached hydrogens (tertiary/aromatic N) is 2. The molecule has 1 saturated heterocycles. The van der Waals surface area contributed by atoms with E-state index in [1.165, 1.54) is 24.3 Å². The van der Waals surface area contributed by atoms with E-state index in [0.717, 1.165) is 11.1 Å². The van der Waals surface area contributed by atoms with Crippen LogP contribution in [0, 0.1) is 16.0 Å². The summed E-state index contributed by atoms with van der Waals surface area (Å²) in [5.41, 5.74) is 1.82. The zero-order chi connectivity index (χ0) is 31.5. The Balaban J connectivity index is 1.46. The number of non-ortho nitro benzene ring substituents is 1. The van der Waals surface area contributed by atoms with Crippen LogP contribution in [0.4, 0.5) is 11.4 Å². The predicted octanol–water partition coefficient (Wildman–Crippen LogP) is 6.36. The van der Waals surface area contributed by atoms with Crippen molar-refractivity contribution in [2.45, 2.75) is 37.5 Å². The average Bonchev–Trinajstić information content (AvgIpc) is 3.52. The van der Waals surface area contributed by atoms with E-state index < -0.39 is 34.1 Å². The molecule has 3 aliphatic rings. The lowest BCUT2D eigenvalue weighted by Crippen LogP contribution is -2.49. The number of hydrogen-bond acceptors (Lipinski definition) is 7. The van der Waals surface area contributed by atoms with Gasteiger partial charge in [0.15, 0.2) is 11.6 Å². The van der Waals surface area contributed by atoms with Gasteiger partial charge < -0.3 is 15.0 Å². The zero-order valence-corrected chi connectivity index (χ0v) is 24.5. The highest BCUT2D eigenvalue weighted by atomic mass is 16.6. The minimum Gasteiger partial charge on any atom is -0.491 e. The molecule has 1 amide bonds. The molecule has 0 radical (unpaired) electrons. The van der Waals surface area contributed by atoms with Crippen molar-refractivity contribution in [3.05, 3.63) is 141 Å². The molecule has 3 aliphatic heterocycles. The molecular weight excluding hydrogens is 570 g/mol. The van der Waals surface area contributed by atoms with Crippen LogP contribution in [0.25, 0.3) is 6.08 Å². The van der Waals surface area contributed by atoms with Crippen LogP contribution in [-0.2, 0) is 10.2 Å². The van der Waals surface area contributed by atoms with Gasteiger partial charge >= 0.3 is 0 Å². The standard InChI is InChI=1S/C36H29N3O6/c1-21(2)45-26-17-13-24(14-18-26)33(41)31-30(32(40)23-11-15-25(16-12-23)39(43)44)36(28-9-5-6-10-29(28)37-35(36)42)34-27-8-4-3-7-22(27)19-20-38(31)34/h3-21,30-31,34H,1-2H3,(H,37,42)/t30-,31+,34+,36+/m1/s1. The first kappa shape index (κ1) is 28.2. The highest BCUT2D eigenvalue weighted by Gasteiger charge is 2.70. The molecule has 45 heavy (non-hydrogen) atoms. The second-order valence-corrected chi connectivity index (χ2v) is 11.8. The Morgan fingerprint density at radius 1 is 0.889 bits per heavy atom. The maximum absolute atomic E-state index is 14.8. The summed E-state index contributed by atoms with van der Waals surface area (Å²) >= 11 is 0. The van der Waals surface area contributed by atoms with Gasteiger partial charge in [-0.2, -0.15) is 0 Å². The molecule has 0 saturated carbocycles. The summed E-state index contributed by atoms with van der Waals surface area (Å²) in [6, 6.07) is 25.3. The number of hydrogen-bond donors (Lipinski definition) is 1. The molecule has 1 spiro atoms. The number of para-hydroxylation sites is 1. The van der Waals surface area contributed by atoms with Crippen molar-refractivity contribution in [3.63, 3.8) is 0 Å². The third-order valence-corrected chi connectivity index (χ3v) is 8.99. The number of carbonyl (C=O) groups is 3. The molecule has 1 N–H and O–H groups in total. The zero-order valence-electron chi connectivity index (χ0n) is 24.5. The summed E-state index contributed by atoms with van der Waals surface area (Å²) in [5.74, 6) is -1.72. The molecule has 0 aliphatic carbocycles. The van der Waals surface area contributed by atoms with Gasteiger partial charge in [0.05, 0.1) is 23.0 Å². The van der Waals surface area contributed by atoms with Gasteiger partial charge in [-0.3, -0.25) is 24.5 Å². The SMILES string of the molecule is CC(C)Oc1ccc(C(=O)[C@@H]2[C@H](C(=O)c3ccc([N+](=O)[O-])cc3)[C@]3(C(=O)Nc4ccccc43)[C@@H]3c4ccccc4C=CN23)cc1. The fourth-order valence-corrected chi connectivity index (χ4v) is 7.24. The van der Waals surface area contributed by atoms with Crippen LogP contribution in [0.5, 0.6) is 5.75 Å². The van der Waals surface area contributed by atoms with Crippen LogP contribution < -0.4 is 10.1 Å². The minimum atomic E-state index is -1.49. The molecule has 4 aromatic rings. The van der Waals surface area contributed by atoms with Crippen molar-refractivity contribution in [3.8, 4) is 5.75 Å². The van der Waals surface area contributed by atoms with E-state index in [4.69, 9.17) is 4.74 Å². The molecule has 7 rings (SSSR count). The Hall–Kier alpha value is -5.57. The Bertz CT molecular complexity index is 1900. The number of nitro benzene ring substituents is 1. The third kappa shape index (κ3) is 4.26. The highest BCUT2D eigenvalue weighted by molar-refractivity contribution is 6.16. The van der Waals surface area contributed by atoms with Crippen molar-refractivity contribution < 1.29 is 24.0 Å². The Morgan fingerprint density at radius 2 is 1.53 bits per heavy atom. The maximum atomic E-state index is 14.8. The number of rotatable bonds is 7. The number of amides is 1. The van der Waals surface area contributed by atoms with Crippen molar-refractivity contribution >= 4 is 34.9 Å². The van der Waals surface area contributed by atoms with E-state index in [9.17, 15) is 24.5 Å². The van der Waals surface area contributed by atoms with E-state index in [0.29, 0.717) is 22.6 Å². The van der Waals surface area contributed by atoms with E-state index in [1.807, 2.05) is 73.5 Å². The second-order valence-electron chi connectivity index (χ2n) is 11.8. The van der Waals surface area contributed by atoms with Gasteiger partial charge in [-0.25, -0.2) is 0 Å². The molecule has 9 heteroatoms. The fourth-order valence-electron chi connectivity index (χ4n) is 7.24. The van der Waals surface area contributed by atoms with Crippen molar-refractivity contribution in [2.75, 3.05) is 5.32 Å². The first-order chi connectivity index (χ1) is 21.7. The van der Waals surface area contributed by atoms with Crippen LogP contribution in [-0.4, -0.2) is 39.4 Å². The normalized spacial score (nSPS) is 22.5. The first-order valence-corrected chi connectivity index (χ1v) is 14.8. The Morgan fingerprint density at radius 3 is 2.24 bits per heavy atom. The summed E-state index contributed by atoms with van der Waals surface area (Å²) in [6.45, 7) is 3.83. The van der Waals surface area contributed by atoms with Crippen LogP contribution in [0.1, 0.15) is 57.3 Å². The van der Waals surface area contributed by atoms with Gasteiger partial charge in [-0.1, -0.05) is 42.5 Å². The van der Waals surface area contributed by atoms with Gasteiger partial charge in [0.2, 0.25) is 5.91 Å². The van der Waals surface area contributed by atoms with E-state index >= 15 is 0 Å². The number of carbonyl (C=O) groups excluding carboxylic acids is 3. The number of fused-ring (bicyclic) bond motifs is 6. The minimum absolute atomic E-state index is 0.0507. The number of anilines is 1. The first-order valence-electron chi connectivity index (χ1n) is 14.8. The number of benzene rings is 4. The van der Waals surface area contributed by atoms with E-state index in [-0.39, 0.29) is 29.0 Å². The van der Waals surface area contributed by atoms with Crippen LogP contribution in [0.3, 0.4) is 0 Å². The maximum Gasteiger partial charge on any atom is 0.269 e. The van der Waals surface area contributed by atoms with Crippen molar-refractivity contribution in [1.29, 1.82) is 0 Å². The Kier molecular flexibility index (Phi) is 6.62. The quantitative estimate of drug-likeness (QED) is 0.149. The molecule has 0 bridgehead atoms. The molecule has 0 aromatic heterocycles. The smallest absolute Gasteiger partial charge is 0.269 e. The summed E-state index contributed by atoms with van der Waals surface area (Å²) in [4.78, 5) is 56.8. The Labute approximate surface area is 259 Å². The molecule has 3 heterocycles. The topological polar surface area (TPSA) is 119 Å². The van der Waals surface area contributed by atoms with Crippen LogP contribution in [0.15, 0.2) is 103 Å². The largest absolute Gasteiger partial charge is 0.491 e. The predicted molar refractivity (Wildman–Crippen MR) is 168 cm³/mol. The monoisotopic (exact) mass is 599 g/mol. The number of Topliss-reactive ketones (excluding diaryl/α,β-unsaturated/α-hetero) is 2. The lowest BCUT2D eigenvalue weighted by molar-refractivity contribution is -0.384. The molecule has 0 unspecified atom stereocenters. The number of nitro groups is 1.